The minimum absolute atomic E-state index is 0.126. The van der Waals surface area contributed by atoms with Crippen LogP contribution in [0.15, 0.2) is 24.3 Å². The molecule has 0 spiro atoms. The molecule has 0 heterocycles. The van der Waals surface area contributed by atoms with Crippen LogP contribution in [0.2, 0.25) is 0 Å². The highest BCUT2D eigenvalue weighted by atomic mass is 32.1. The molecule has 0 atom stereocenters. The van der Waals surface area contributed by atoms with E-state index in [4.69, 9.17) is 12.2 Å². The second-order valence-electron chi connectivity index (χ2n) is 3.83. The molecule has 0 saturated carbocycles. The van der Waals surface area contributed by atoms with E-state index in [9.17, 15) is 13.2 Å². The first-order valence-corrected chi connectivity index (χ1v) is 5.44. The van der Waals surface area contributed by atoms with Crippen molar-refractivity contribution < 1.29 is 13.2 Å². The summed E-state index contributed by atoms with van der Waals surface area (Å²) < 4.78 is 37.3. The molecule has 0 aliphatic carbocycles. The predicted octanol–water partition coefficient (Wildman–Crippen LogP) is 3.40. The van der Waals surface area contributed by atoms with E-state index in [0.717, 1.165) is 12.1 Å². The van der Waals surface area contributed by atoms with E-state index in [1.807, 2.05) is 13.8 Å². The largest absolute Gasteiger partial charge is 0.416 e. The normalized spacial score (nSPS) is 11.4. The van der Waals surface area contributed by atoms with Gasteiger partial charge in [-0.2, -0.15) is 13.2 Å². The van der Waals surface area contributed by atoms with Gasteiger partial charge >= 0.3 is 6.18 Å². The van der Waals surface area contributed by atoms with E-state index in [-0.39, 0.29) is 6.04 Å². The summed E-state index contributed by atoms with van der Waals surface area (Å²) in [5.41, 5.74) is -0.382. The lowest BCUT2D eigenvalue weighted by Gasteiger charge is -2.14. The van der Waals surface area contributed by atoms with Crippen LogP contribution in [0.4, 0.5) is 18.9 Å². The smallest absolute Gasteiger partial charge is 0.360 e. The SMILES string of the molecule is CC(C)NC(=S)Nc1cccc(C(F)(F)F)c1. The molecule has 0 fully saturated rings. The van der Waals surface area contributed by atoms with Gasteiger partial charge < -0.3 is 10.6 Å². The maximum atomic E-state index is 12.4. The molecule has 17 heavy (non-hydrogen) atoms. The van der Waals surface area contributed by atoms with E-state index in [2.05, 4.69) is 10.6 Å². The van der Waals surface area contributed by atoms with Crippen LogP contribution >= 0.6 is 12.2 Å². The highest BCUT2D eigenvalue weighted by molar-refractivity contribution is 7.80. The first kappa shape index (κ1) is 13.8. The van der Waals surface area contributed by atoms with Crippen molar-refractivity contribution in [3.8, 4) is 0 Å². The molecule has 0 aliphatic rings. The summed E-state index contributed by atoms with van der Waals surface area (Å²) >= 11 is 4.95. The molecule has 0 unspecified atom stereocenters. The average molecular weight is 262 g/mol. The fourth-order valence-electron chi connectivity index (χ4n) is 1.20. The molecular weight excluding hydrogens is 249 g/mol. The lowest BCUT2D eigenvalue weighted by molar-refractivity contribution is -0.137. The highest BCUT2D eigenvalue weighted by Crippen LogP contribution is 2.30. The zero-order valence-electron chi connectivity index (χ0n) is 9.43. The van der Waals surface area contributed by atoms with E-state index in [0.29, 0.717) is 10.8 Å². The Morgan fingerprint density at radius 1 is 1.29 bits per heavy atom. The van der Waals surface area contributed by atoms with Crippen molar-refractivity contribution in [3.05, 3.63) is 29.8 Å². The van der Waals surface area contributed by atoms with Crippen molar-refractivity contribution in [1.82, 2.24) is 5.32 Å². The summed E-state index contributed by atoms with van der Waals surface area (Å²) in [6, 6.07) is 5.03. The molecule has 2 N–H and O–H groups in total. The van der Waals surface area contributed by atoms with Crippen molar-refractivity contribution in [2.45, 2.75) is 26.1 Å². The molecule has 0 amide bonds. The van der Waals surface area contributed by atoms with Gasteiger partial charge in [-0.1, -0.05) is 6.07 Å². The van der Waals surface area contributed by atoms with Gasteiger partial charge in [0.25, 0.3) is 0 Å². The number of hydrogen-bond donors (Lipinski definition) is 2. The number of hydrogen-bond acceptors (Lipinski definition) is 1. The van der Waals surface area contributed by atoms with Gasteiger partial charge in [-0.3, -0.25) is 0 Å². The molecule has 1 aromatic carbocycles. The van der Waals surface area contributed by atoms with Crippen molar-refractivity contribution in [2.24, 2.45) is 0 Å². The van der Waals surface area contributed by atoms with Gasteiger partial charge in [0.15, 0.2) is 5.11 Å². The summed E-state index contributed by atoms with van der Waals surface area (Å²) in [6.07, 6.45) is -4.34. The minimum atomic E-state index is -4.34. The first-order valence-electron chi connectivity index (χ1n) is 5.04. The summed E-state index contributed by atoms with van der Waals surface area (Å²) in [5, 5.41) is 5.90. The number of thiocarbonyl (C=S) groups is 1. The van der Waals surface area contributed by atoms with Crippen LogP contribution in [0, 0.1) is 0 Å². The summed E-state index contributed by atoms with van der Waals surface area (Å²) in [5.74, 6) is 0. The van der Waals surface area contributed by atoms with Crippen molar-refractivity contribution >= 4 is 23.0 Å². The molecular formula is C11H13F3N2S. The van der Waals surface area contributed by atoms with Crippen LogP contribution in [0.25, 0.3) is 0 Å². The first-order chi connectivity index (χ1) is 7.79. The zero-order chi connectivity index (χ0) is 13.1. The van der Waals surface area contributed by atoms with E-state index < -0.39 is 11.7 Å². The summed E-state index contributed by atoms with van der Waals surface area (Å²) in [4.78, 5) is 0. The van der Waals surface area contributed by atoms with Gasteiger partial charge in [0, 0.05) is 11.7 Å². The summed E-state index contributed by atoms with van der Waals surface area (Å²) in [6.45, 7) is 3.78. The van der Waals surface area contributed by atoms with Crippen LogP contribution < -0.4 is 10.6 Å². The molecule has 0 radical (unpaired) electrons. The lowest BCUT2D eigenvalue weighted by atomic mass is 10.2. The maximum absolute atomic E-state index is 12.4. The van der Waals surface area contributed by atoms with Crippen molar-refractivity contribution in [1.29, 1.82) is 0 Å². The Balaban J connectivity index is 2.76. The van der Waals surface area contributed by atoms with Crippen LogP contribution in [0.5, 0.6) is 0 Å². The Morgan fingerprint density at radius 2 is 1.94 bits per heavy atom. The average Bonchev–Trinajstić information content (AvgIpc) is 2.15. The van der Waals surface area contributed by atoms with Gasteiger partial charge in [0.05, 0.1) is 5.56 Å². The number of anilines is 1. The number of nitrogens with one attached hydrogen (secondary N) is 2. The van der Waals surface area contributed by atoms with Gasteiger partial charge in [-0.15, -0.1) is 0 Å². The molecule has 0 bridgehead atoms. The fourth-order valence-corrected chi connectivity index (χ4v) is 1.56. The lowest BCUT2D eigenvalue weighted by Crippen LogP contribution is -2.33. The van der Waals surface area contributed by atoms with Crippen LogP contribution in [0.3, 0.4) is 0 Å². The molecule has 0 aliphatic heterocycles. The third kappa shape index (κ3) is 4.60. The standard InChI is InChI=1S/C11H13F3N2S/c1-7(2)15-10(17)16-9-5-3-4-8(6-9)11(12,13)14/h3-7H,1-2H3,(H2,15,16,17). The van der Waals surface area contributed by atoms with E-state index >= 15 is 0 Å². The van der Waals surface area contributed by atoms with Crippen molar-refractivity contribution in [3.63, 3.8) is 0 Å². The Bertz CT molecular complexity index is 402. The number of benzene rings is 1. The molecule has 6 heteroatoms. The third-order valence-electron chi connectivity index (χ3n) is 1.87. The quantitative estimate of drug-likeness (QED) is 0.799. The highest BCUT2D eigenvalue weighted by Gasteiger charge is 2.30. The van der Waals surface area contributed by atoms with Crippen molar-refractivity contribution in [2.75, 3.05) is 5.32 Å². The Labute approximate surface area is 103 Å². The Hall–Kier alpha value is -1.30. The van der Waals surface area contributed by atoms with Gasteiger partial charge in [0.1, 0.15) is 0 Å². The molecule has 1 aromatic rings. The molecule has 2 nitrogen and oxygen atoms in total. The van der Waals surface area contributed by atoms with Gasteiger partial charge in [-0.05, 0) is 44.3 Å². The van der Waals surface area contributed by atoms with Crippen LogP contribution in [0.1, 0.15) is 19.4 Å². The molecule has 0 saturated heterocycles. The second kappa shape index (κ2) is 5.35. The van der Waals surface area contributed by atoms with Gasteiger partial charge in [-0.25, -0.2) is 0 Å². The monoisotopic (exact) mass is 262 g/mol. The molecule has 94 valence electrons. The Morgan fingerprint density at radius 3 is 2.47 bits per heavy atom. The van der Waals surface area contributed by atoms with Gasteiger partial charge in [0.2, 0.25) is 0 Å². The number of halogens is 3. The van der Waals surface area contributed by atoms with Crippen LogP contribution in [-0.2, 0) is 6.18 Å². The second-order valence-corrected chi connectivity index (χ2v) is 4.24. The predicted molar refractivity (Wildman–Crippen MR) is 65.9 cm³/mol. The topological polar surface area (TPSA) is 24.1 Å². The minimum Gasteiger partial charge on any atom is -0.360 e. The summed E-state index contributed by atoms with van der Waals surface area (Å²) in [7, 11) is 0. The Kier molecular flexibility index (Phi) is 4.34. The number of alkyl halides is 3. The fraction of sp³-hybridized carbons (Fsp3) is 0.364. The van der Waals surface area contributed by atoms with E-state index in [1.54, 1.807) is 0 Å². The third-order valence-corrected chi connectivity index (χ3v) is 2.09. The maximum Gasteiger partial charge on any atom is 0.416 e. The number of rotatable bonds is 2. The molecule has 1 rings (SSSR count). The molecule has 0 aromatic heterocycles. The van der Waals surface area contributed by atoms with Crippen LogP contribution in [-0.4, -0.2) is 11.2 Å². The van der Waals surface area contributed by atoms with E-state index in [1.165, 1.54) is 12.1 Å². The zero-order valence-corrected chi connectivity index (χ0v) is 10.2.